The molecule has 0 spiro atoms. The van der Waals surface area contributed by atoms with Crippen LogP contribution in [0.4, 0.5) is 0 Å². The second-order valence-electron chi connectivity index (χ2n) is 3.71. The highest BCUT2D eigenvalue weighted by atomic mass is 16.5. The van der Waals surface area contributed by atoms with Gasteiger partial charge < -0.3 is 4.74 Å². The third-order valence-corrected chi connectivity index (χ3v) is 2.74. The van der Waals surface area contributed by atoms with Crippen molar-refractivity contribution in [2.75, 3.05) is 6.61 Å². The molecule has 2 atom stereocenters. The van der Waals surface area contributed by atoms with Crippen LogP contribution in [0.1, 0.15) is 24.8 Å². The molecule has 1 aromatic rings. The summed E-state index contributed by atoms with van der Waals surface area (Å²) in [5.41, 5.74) is 1.17. The number of benzene rings is 1. The molecule has 0 bridgehead atoms. The zero-order valence-corrected chi connectivity index (χ0v) is 8.27. The number of ketones is 1. The number of rotatable bonds is 2. The van der Waals surface area contributed by atoms with E-state index in [0.717, 1.165) is 0 Å². The molecule has 1 aliphatic rings. The largest absolute Gasteiger partial charge is 0.369 e. The summed E-state index contributed by atoms with van der Waals surface area (Å²) in [6.07, 6.45) is 0.347. The Kier molecular flexibility index (Phi) is 2.64. The molecule has 2 nitrogen and oxygen atoms in total. The van der Waals surface area contributed by atoms with Crippen molar-refractivity contribution in [1.82, 2.24) is 0 Å². The van der Waals surface area contributed by atoms with Crippen molar-refractivity contribution in [2.45, 2.75) is 25.4 Å². The van der Waals surface area contributed by atoms with Crippen LogP contribution in [0, 0.1) is 0 Å². The Morgan fingerprint density at radius 3 is 2.64 bits per heavy atom. The molecule has 0 unspecified atom stereocenters. The molecule has 14 heavy (non-hydrogen) atoms. The average molecular weight is 190 g/mol. The van der Waals surface area contributed by atoms with Crippen LogP contribution in [-0.4, -0.2) is 18.5 Å². The van der Waals surface area contributed by atoms with Crippen molar-refractivity contribution < 1.29 is 9.53 Å². The first kappa shape index (κ1) is 9.41. The van der Waals surface area contributed by atoms with E-state index in [1.807, 2.05) is 37.3 Å². The van der Waals surface area contributed by atoms with E-state index in [9.17, 15) is 4.79 Å². The lowest BCUT2D eigenvalue weighted by Gasteiger charge is -2.17. The van der Waals surface area contributed by atoms with Gasteiger partial charge in [0.2, 0.25) is 0 Å². The lowest BCUT2D eigenvalue weighted by molar-refractivity contribution is -0.123. The summed E-state index contributed by atoms with van der Waals surface area (Å²) in [7, 11) is 0. The van der Waals surface area contributed by atoms with E-state index >= 15 is 0 Å². The maximum Gasteiger partial charge on any atom is 0.164 e. The molecule has 1 fully saturated rings. The fourth-order valence-corrected chi connectivity index (χ4v) is 1.88. The van der Waals surface area contributed by atoms with Gasteiger partial charge in [-0.25, -0.2) is 0 Å². The molecule has 1 heterocycles. The molecule has 0 saturated carbocycles. The van der Waals surface area contributed by atoms with Crippen LogP contribution in [0.25, 0.3) is 0 Å². The standard InChI is InChI=1S/C12H14O2/c1-9(10-5-3-2-4-6-10)12-11(13)7-8-14-12/h2-6,9,12H,7-8H2,1H3/t9-,12+/m1/s1. The highest BCUT2D eigenvalue weighted by Gasteiger charge is 2.31. The first-order chi connectivity index (χ1) is 6.79. The number of Topliss-reactive ketones (excluding diaryl/α,β-unsaturated/α-hetero) is 1. The van der Waals surface area contributed by atoms with E-state index in [0.29, 0.717) is 13.0 Å². The number of carbonyl (C=O) groups excluding carboxylic acids is 1. The molecule has 74 valence electrons. The number of carbonyl (C=O) groups is 1. The number of hydrogen-bond donors (Lipinski definition) is 0. The Labute approximate surface area is 83.9 Å². The van der Waals surface area contributed by atoms with E-state index in [4.69, 9.17) is 4.74 Å². The highest BCUT2D eigenvalue weighted by molar-refractivity contribution is 5.85. The van der Waals surface area contributed by atoms with E-state index in [1.54, 1.807) is 0 Å². The van der Waals surface area contributed by atoms with Crippen LogP contribution in [-0.2, 0) is 9.53 Å². The molecular weight excluding hydrogens is 176 g/mol. The quantitative estimate of drug-likeness (QED) is 0.714. The molecule has 2 rings (SSSR count). The van der Waals surface area contributed by atoms with Crippen molar-refractivity contribution in [3.05, 3.63) is 35.9 Å². The summed E-state index contributed by atoms with van der Waals surface area (Å²) in [5, 5.41) is 0. The predicted molar refractivity (Wildman–Crippen MR) is 54.2 cm³/mol. The maximum atomic E-state index is 11.5. The Morgan fingerprint density at radius 2 is 2.07 bits per heavy atom. The van der Waals surface area contributed by atoms with E-state index in [1.165, 1.54) is 5.56 Å². The Morgan fingerprint density at radius 1 is 1.36 bits per heavy atom. The number of hydrogen-bond acceptors (Lipinski definition) is 2. The van der Waals surface area contributed by atoms with Gasteiger partial charge in [-0.15, -0.1) is 0 Å². The Balaban J connectivity index is 2.16. The SMILES string of the molecule is C[C@H](c1ccccc1)[C@@H]1OCCC1=O. The molecule has 0 radical (unpaired) electrons. The monoisotopic (exact) mass is 190 g/mol. The van der Waals surface area contributed by atoms with Gasteiger partial charge >= 0.3 is 0 Å². The molecule has 2 heteroatoms. The zero-order chi connectivity index (χ0) is 9.97. The predicted octanol–water partition coefficient (Wildman–Crippen LogP) is 2.15. The smallest absolute Gasteiger partial charge is 0.164 e. The van der Waals surface area contributed by atoms with E-state index in [-0.39, 0.29) is 17.8 Å². The van der Waals surface area contributed by atoms with Crippen molar-refractivity contribution in [1.29, 1.82) is 0 Å². The molecule has 1 saturated heterocycles. The van der Waals surface area contributed by atoms with Gasteiger partial charge in [-0.2, -0.15) is 0 Å². The van der Waals surface area contributed by atoms with Crippen LogP contribution in [0.3, 0.4) is 0 Å². The van der Waals surface area contributed by atoms with Crippen LogP contribution < -0.4 is 0 Å². The minimum atomic E-state index is -0.225. The van der Waals surface area contributed by atoms with Crippen LogP contribution in [0.5, 0.6) is 0 Å². The minimum Gasteiger partial charge on any atom is -0.369 e. The summed E-state index contributed by atoms with van der Waals surface area (Å²) in [6, 6.07) is 10.0. The van der Waals surface area contributed by atoms with Crippen LogP contribution >= 0.6 is 0 Å². The van der Waals surface area contributed by atoms with Gasteiger partial charge in [0.25, 0.3) is 0 Å². The van der Waals surface area contributed by atoms with Crippen molar-refractivity contribution in [3.63, 3.8) is 0 Å². The lowest BCUT2D eigenvalue weighted by Crippen LogP contribution is -2.22. The molecule has 0 N–H and O–H groups in total. The van der Waals surface area contributed by atoms with Crippen molar-refractivity contribution >= 4 is 5.78 Å². The van der Waals surface area contributed by atoms with E-state index < -0.39 is 0 Å². The molecule has 0 aromatic heterocycles. The van der Waals surface area contributed by atoms with Gasteiger partial charge in [0.1, 0.15) is 6.10 Å². The van der Waals surface area contributed by atoms with Gasteiger partial charge in [-0.1, -0.05) is 37.3 Å². The van der Waals surface area contributed by atoms with Gasteiger partial charge in [-0.05, 0) is 5.56 Å². The average Bonchev–Trinajstić information content (AvgIpc) is 2.65. The summed E-state index contributed by atoms with van der Waals surface area (Å²) >= 11 is 0. The number of ether oxygens (including phenoxy) is 1. The minimum absolute atomic E-state index is 0.172. The van der Waals surface area contributed by atoms with Gasteiger partial charge in [-0.3, -0.25) is 4.79 Å². The van der Waals surface area contributed by atoms with Gasteiger partial charge in [0.15, 0.2) is 5.78 Å². The summed E-state index contributed by atoms with van der Waals surface area (Å²) in [6.45, 7) is 2.63. The fourth-order valence-electron chi connectivity index (χ4n) is 1.88. The first-order valence-corrected chi connectivity index (χ1v) is 4.98. The summed E-state index contributed by atoms with van der Waals surface area (Å²) < 4.78 is 5.43. The Hall–Kier alpha value is -1.15. The molecule has 0 aliphatic carbocycles. The second-order valence-corrected chi connectivity index (χ2v) is 3.71. The fraction of sp³-hybridized carbons (Fsp3) is 0.417. The lowest BCUT2D eigenvalue weighted by atomic mass is 9.93. The third-order valence-electron chi connectivity index (χ3n) is 2.74. The zero-order valence-electron chi connectivity index (χ0n) is 8.27. The maximum absolute atomic E-state index is 11.5. The first-order valence-electron chi connectivity index (χ1n) is 4.98. The normalized spacial score (nSPS) is 23.8. The summed E-state index contributed by atoms with van der Waals surface area (Å²) in [4.78, 5) is 11.5. The van der Waals surface area contributed by atoms with Crippen LogP contribution in [0.15, 0.2) is 30.3 Å². The molecule has 1 aromatic carbocycles. The van der Waals surface area contributed by atoms with Crippen LogP contribution in [0.2, 0.25) is 0 Å². The third kappa shape index (κ3) is 1.70. The summed E-state index contributed by atoms with van der Waals surface area (Å²) in [5.74, 6) is 0.410. The van der Waals surface area contributed by atoms with Crippen molar-refractivity contribution in [3.8, 4) is 0 Å². The van der Waals surface area contributed by atoms with Gasteiger partial charge in [0.05, 0.1) is 6.61 Å². The second kappa shape index (κ2) is 3.93. The topological polar surface area (TPSA) is 26.3 Å². The molecular formula is C12H14O2. The highest BCUT2D eigenvalue weighted by Crippen LogP contribution is 2.25. The van der Waals surface area contributed by atoms with Crippen molar-refractivity contribution in [2.24, 2.45) is 0 Å². The van der Waals surface area contributed by atoms with Gasteiger partial charge in [0, 0.05) is 12.3 Å². The molecule has 1 aliphatic heterocycles. The Bertz CT molecular complexity index is 318. The molecule has 0 amide bonds. The van der Waals surface area contributed by atoms with E-state index in [2.05, 4.69) is 0 Å².